The molecule has 0 fully saturated rings. The average Bonchev–Trinajstić information content (AvgIpc) is 2.18. The summed E-state index contributed by atoms with van der Waals surface area (Å²) in [5.41, 5.74) is 2.77. The van der Waals surface area contributed by atoms with Gasteiger partial charge in [0.25, 0.3) is 0 Å². The number of aryl methyl sites for hydroxylation is 1. The molecular formula is C11H15BrO2. The highest BCUT2D eigenvalue weighted by Crippen LogP contribution is 2.31. The zero-order chi connectivity index (χ0) is 10.7. The highest BCUT2D eigenvalue weighted by molar-refractivity contribution is 9.09. The highest BCUT2D eigenvalue weighted by Gasteiger charge is 2.09. The number of phenolic OH excluding ortho intramolecular Hbond substituents is 1. The molecule has 0 bridgehead atoms. The van der Waals surface area contributed by atoms with Gasteiger partial charge in [-0.2, -0.15) is 0 Å². The van der Waals surface area contributed by atoms with E-state index in [0.29, 0.717) is 12.4 Å². The number of benzene rings is 1. The van der Waals surface area contributed by atoms with Crippen molar-refractivity contribution >= 4 is 15.9 Å². The number of phenols is 1. The van der Waals surface area contributed by atoms with Gasteiger partial charge in [0.05, 0.1) is 6.61 Å². The predicted octanol–water partition coefficient (Wildman–Crippen LogP) is 3.09. The maximum atomic E-state index is 9.67. The van der Waals surface area contributed by atoms with Gasteiger partial charge in [0.2, 0.25) is 0 Å². The fourth-order valence-electron chi connectivity index (χ4n) is 1.33. The molecule has 1 aromatic carbocycles. The second-order valence-corrected chi connectivity index (χ2v) is 4.12. The Balaban J connectivity index is 3.06. The molecule has 0 atom stereocenters. The summed E-state index contributed by atoms with van der Waals surface area (Å²) in [7, 11) is 0. The summed E-state index contributed by atoms with van der Waals surface area (Å²) in [4.78, 5) is 0. The van der Waals surface area contributed by atoms with Crippen LogP contribution in [0.25, 0.3) is 0 Å². The smallest absolute Gasteiger partial charge is 0.123 e. The van der Waals surface area contributed by atoms with Crippen LogP contribution < -0.4 is 4.74 Å². The molecule has 0 aromatic heterocycles. The number of aromatic hydroxyl groups is 1. The molecule has 14 heavy (non-hydrogen) atoms. The molecular weight excluding hydrogens is 244 g/mol. The van der Waals surface area contributed by atoms with Gasteiger partial charge in [0.15, 0.2) is 0 Å². The molecule has 1 rings (SSSR count). The van der Waals surface area contributed by atoms with Crippen molar-refractivity contribution in [2.75, 3.05) is 11.9 Å². The van der Waals surface area contributed by atoms with E-state index in [0.717, 1.165) is 27.8 Å². The van der Waals surface area contributed by atoms with E-state index >= 15 is 0 Å². The quantitative estimate of drug-likeness (QED) is 0.845. The average molecular weight is 259 g/mol. The lowest BCUT2D eigenvalue weighted by atomic mass is 10.0. The maximum absolute atomic E-state index is 9.67. The van der Waals surface area contributed by atoms with Gasteiger partial charge in [-0.1, -0.05) is 15.9 Å². The molecule has 0 heterocycles. The molecule has 0 spiro atoms. The van der Waals surface area contributed by atoms with Crippen LogP contribution >= 0.6 is 15.9 Å². The number of halogens is 1. The number of hydrogen-bond acceptors (Lipinski definition) is 2. The largest absolute Gasteiger partial charge is 0.507 e. The molecule has 0 amide bonds. The van der Waals surface area contributed by atoms with E-state index < -0.39 is 0 Å². The van der Waals surface area contributed by atoms with Crippen LogP contribution in [0.2, 0.25) is 0 Å². The van der Waals surface area contributed by atoms with Gasteiger partial charge < -0.3 is 9.84 Å². The SMILES string of the molecule is Cc1cc(OCCBr)c(C)c(C)c1O. The molecule has 0 aliphatic rings. The van der Waals surface area contributed by atoms with Crippen LogP contribution in [0.1, 0.15) is 16.7 Å². The fourth-order valence-corrected chi connectivity index (χ4v) is 1.49. The molecule has 0 aliphatic heterocycles. The highest BCUT2D eigenvalue weighted by atomic mass is 79.9. The molecule has 0 saturated carbocycles. The normalized spacial score (nSPS) is 10.3. The Bertz CT molecular complexity index is 335. The fraction of sp³-hybridized carbons (Fsp3) is 0.455. The summed E-state index contributed by atoms with van der Waals surface area (Å²) in [5.74, 6) is 1.23. The molecule has 3 heteroatoms. The molecule has 0 unspecified atom stereocenters. The van der Waals surface area contributed by atoms with Crippen LogP contribution in [-0.4, -0.2) is 17.0 Å². The van der Waals surface area contributed by atoms with Crippen LogP contribution in [0.15, 0.2) is 6.07 Å². The Kier molecular flexibility index (Phi) is 3.81. The molecule has 1 aromatic rings. The van der Waals surface area contributed by atoms with Gasteiger partial charge in [0.1, 0.15) is 11.5 Å². The summed E-state index contributed by atoms with van der Waals surface area (Å²) in [6.45, 7) is 6.38. The van der Waals surface area contributed by atoms with E-state index in [2.05, 4.69) is 15.9 Å². The zero-order valence-electron chi connectivity index (χ0n) is 8.72. The monoisotopic (exact) mass is 258 g/mol. The third kappa shape index (κ3) is 2.21. The summed E-state index contributed by atoms with van der Waals surface area (Å²) in [5, 5.41) is 10.5. The van der Waals surface area contributed by atoms with Crippen molar-refractivity contribution in [3.63, 3.8) is 0 Å². The van der Waals surface area contributed by atoms with E-state index in [4.69, 9.17) is 4.74 Å². The molecule has 0 aliphatic carbocycles. The van der Waals surface area contributed by atoms with Gasteiger partial charge in [-0.05, 0) is 43.5 Å². The minimum Gasteiger partial charge on any atom is -0.507 e. The van der Waals surface area contributed by atoms with Gasteiger partial charge in [-0.15, -0.1) is 0 Å². The molecule has 1 N–H and O–H groups in total. The van der Waals surface area contributed by atoms with Crippen LogP contribution in [0.4, 0.5) is 0 Å². The van der Waals surface area contributed by atoms with Gasteiger partial charge >= 0.3 is 0 Å². The van der Waals surface area contributed by atoms with Crippen molar-refractivity contribution in [3.8, 4) is 11.5 Å². The van der Waals surface area contributed by atoms with Crippen molar-refractivity contribution in [2.45, 2.75) is 20.8 Å². The Morgan fingerprint density at radius 3 is 2.50 bits per heavy atom. The minimum atomic E-state index is 0.369. The first-order valence-corrected chi connectivity index (χ1v) is 5.68. The van der Waals surface area contributed by atoms with Crippen molar-refractivity contribution in [2.24, 2.45) is 0 Å². The number of hydrogen-bond donors (Lipinski definition) is 1. The first-order valence-electron chi connectivity index (χ1n) is 4.56. The zero-order valence-corrected chi connectivity index (χ0v) is 10.3. The standard InChI is InChI=1S/C11H15BrO2/c1-7-6-10(14-5-4-12)8(2)9(3)11(7)13/h6,13H,4-5H2,1-3H3. The van der Waals surface area contributed by atoms with Gasteiger partial charge in [-0.3, -0.25) is 0 Å². The molecule has 78 valence electrons. The first kappa shape index (κ1) is 11.4. The van der Waals surface area contributed by atoms with Crippen LogP contribution in [-0.2, 0) is 0 Å². The van der Waals surface area contributed by atoms with E-state index in [1.807, 2.05) is 26.8 Å². The minimum absolute atomic E-state index is 0.369. The Morgan fingerprint density at radius 1 is 1.29 bits per heavy atom. The van der Waals surface area contributed by atoms with Crippen molar-refractivity contribution < 1.29 is 9.84 Å². The van der Waals surface area contributed by atoms with Crippen molar-refractivity contribution in [3.05, 3.63) is 22.8 Å². The lowest BCUT2D eigenvalue weighted by Gasteiger charge is -2.13. The number of ether oxygens (including phenoxy) is 1. The van der Waals surface area contributed by atoms with Crippen molar-refractivity contribution in [1.29, 1.82) is 0 Å². The molecule has 2 nitrogen and oxygen atoms in total. The Hall–Kier alpha value is -0.700. The predicted molar refractivity (Wildman–Crippen MR) is 61.6 cm³/mol. The molecule has 0 radical (unpaired) electrons. The van der Waals surface area contributed by atoms with Gasteiger partial charge in [-0.25, -0.2) is 0 Å². The third-order valence-electron chi connectivity index (χ3n) is 2.34. The lowest BCUT2D eigenvalue weighted by Crippen LogP contribution is -2.01. The van der Waals surface area contributed by atoms with Crippen LogP contribution in [0.3, 0.4) is 0 Å². The van der Waals surface area contributed by atoms with Crippen LogP contribution in [0.5, 0.6) is 11.5 Å². The van der Waals surface area contributed by atoms with E-state index in [-0.39, 0.29) is 0 Å². The summed E-state index contributed by atoms with van der Waals surface area (Å²) in [6, 6.07) is 1.88. The van der Waals surface area contributed by atoms with Crippen molar-refractivity contribution in [1.82, 2.24) is 0 Å². The molecule has 0 saturated heterocycles. The third-order valence-corrected chi connectivity index (χ3v) is 2.67. The summed E-state index contributed by atoms with van der Waals surface area (Å²) < 4.78 is 5.54. The van der Waals surface area contributed by atoms with Crippen LogP contribution in [0, 0.1) is 20.8 Å². The Labute approximate surface area is 93.0 Å². The van der Waals surface area contributed by atoms with E-state index in [1.54, 1.807) is 0 Å². The maximum Gasteiger partial charge on any atom is 0.123 e. The Morgan fingerprint density at radius 2 is 1.93 bits per heavy atom. The van der Waals surface area contributed by atoms with E-state index in [9.17, 15) is 5.11 Å². The second kappa shape index (κ2) is 4.69. The number of alkyl halides is 1. The first-order chi connectivity index (χ1) is 6.57. The van der Waals surface area contributed by atoms with E-state index in [1.165, 1.54) is 0 Å². The lowest BCUT2D eigenvalue weighted by molar-refractivity contribution is 0.341. The number of rotatable bonds is 3. The second-order valence-electron chi connectivity index (χ2n) is 3.33. The summed E-state index contributed by atoms with van der Waals surface area (Å²) >= 11 is 3.31. The summed E-state index contributed by atoms with van der Waals surface area (Å²) in [6.07, 6.45) is 0. The van der Waals surface area contributed by atoms with Gasteiger partial charge in [0, 0.05) is 5.33 Å². The topological polar surface area (TPSA) is 29.5 Å².